The van der Waals surface area contributed by atoms with E-state index in [1.165, 1.54) is 0 Å². The fourth-order valence-corrected chi connectivity index (χ4v) is 4.29. The number of hydrogen-bond donors (Lipinski definition) is 2. The van der Waals surface area contributed by atoms with Crippen molar-refractivity contribution in [2.24, 2.45) is 0 Å². The van der Waals surface area contributed by atoms with Gasteiger partial charge in [0.2, 0.25) is 5.91 Å². The first-order valence-electron chi connectivity index (χ1n) is 8.50. The summed E-state index contributed by atoms with van der Waals surface area (Å²) >= 11 is 7.48. The Kier molecular flexibility index (Phi) is 6.58. The number of amides is 2. The molecule has 1 atom stereocenters. The van der Waals surface area contributed by atoms with Crippen molar-refractivity contribution in [2.45, 2.75) is 6.04 Å². The standard InChI is InChI=1S/C17H23ClN4O2S/c18-14-3-1-13(2-4-14)17(24)22-12-25-11-15(22)16(23)20-7-10-21-8-5-19-6-9-21/h1-4,15,19H,5-12H2,(H,20,23). The maximum Gasteiger partial charge on any atom is 0.255 e. The van der Waals surface area contributed by atoms with Crippen molar-refractivity contribution >= 4 is 35.2 Å². The zero-order valence-corrected chi connectivity index (χ0v) is 15.6. The van der Waals surface area contributed by atoms with Crippen LogP contribution >= 0.6 is 23.4 Å². The number of benzene rings is 1. The van der Waals surface area contributed by atoms with Gasteiger partial charge in [-0.25, -0.2) is 0 Å². The third-order valence-corrected chi connectivity index (χ3v) is 5.74. The molecule has 2 saturated heterocycles. The van der Waals surface area contributed by atoms with Crippen LogP contribution in [0.5, 0.6) is 0 Å². The Labute approximate surface area is 157 Å². The van der Waals surface area contributed by atoms with Gasteiger partial charge >= 0.3 is 0 Å². The highest BCUT2D eigenvalue weighted by Crippen LogP contribution is 2.23. The average Bonchev–Trinajstić information content (AvgIpc) is 3.12. The van der Waals surface area contributed by atoms with E-state index < -0.39 is 6.04 Å². The molecule has 2 amide bonds. The Balaban J connectivity index is 1.52. The minimum absolute atomic E-state index is 0.0672. The fraction of sp³-hybridized carbons (Fsp3) is 0.529. The smallest absolute Gasteiger partial charge is 0.255 e. The van der Waals surface area contributed by atoms with E-state index in [-0.39, 0.29) is 11.8 Å². The molecule has 1 aromatic carbocycles. The molecule has 3 rings (SSSR count). The molecule has 0 aromatic heterocycles. The summed E-state index contributed by atoms with van der Waals surface area (Å²) in [5.41, 5.74) is 0.561. The monoisotopic (exact) mass is 382 g/mol. The molecule has 0 aliphatic carbocycles. The van der Waals surface area contributed by atoms with Crippen LogP contribution in [0.25, 0.3) is 0 Å². The topological polar surface area (TPSA) is 64.7 Å². The van der Waals surface area contributed by atoms with E-state index in [2.05, 4.69) is 15.5 Å². The van der Waals surface area contributed by atoms with E-state index in [1.807, 2.05) is 0 Å². The lowest BCUT2D eigenvalue weighted by atomic mass is 10.1. The van der Waals surface area contributed by atoms with Crippen molar-refractivity contribution in [2.75, 3.05) is 50.9 Å². The van der Waals surface area contributed by atoms with Gasteiger partial charge in [-0.2, -0.15) is 0 Å². The highest BCUT2D eigenvalue weighted by atomic mass is 35.5. The molecule has 2 N–H and O–H groups in total. The predicted octanol–water partition coefficient (Wildman–Crippen LogP) is 0.877. The van der Waals surface area contributed by atoms with Gasteiger partial charge in [-0.1, -0.05) is 11.6 Å². The quantitative estimate of drug-likeness (QED) is 0.791. The van der Waals surface area contributed by atoms with Crippen LogP contribution < -0.4 is 10.6 Å². The number of hydrogen-bond acceptors (Lipinski definition) is 5. The Bertz CT molecular complexity index is 607. The van der Waals surface area contributed by atoms with Crippen molar-refractivity contribution in [3.63, 3.8) is 0 Å². The van der Waals surface area contributed by atoms with E-state index in [1.54, 1.807) is 40.9 Å². The number of carbonyl (C=O) groups is 2. The summed E-state index contributed by atoms with van der Waals surface area (Å²) in [6.45, 7) is 5.47. The average molecular weight is 383 g/mol. The van der Waals surface area contributed by atoms with Crippen LogP contribution in [0, 0.1) is 0 Å². The van der Waals surface area contributed by atoms with Crippen molar-refractivity contribution in [3.8, 4) is 0 Å². The summed E-state index contributed by atoms with van der Waals surface area (Å²) < 4.78 is 0. The van der Waals surface area contributed by atoms with E-state index in [0.717, 1.165) is 32.7 Å². The number of rotatable bonds is 5. The second-order valence-electron chi connectivity index (χ2n) is 6.18. The molecular weight excluding hydrogens is 360 g/mol. The molecule has 2 fully saturated rings. The Morgan fingerprint density at radius 2 is 1.96 bits per heavy atom. The molecule has 136 valence electrons. The Morgan fingerprint density at radius 3 is 2.68 bits per heavy atom. The maximum atomic E-state index is 12.7. The molecular formula is C17H23ClN4O2S. The molecule has 2 aliphatic heterocycles. The van der Waals surface area contributed by atoms with Crippen LogP contribution in [-0.4, -0.2) is 78.6 Å². The SMILES string of the molecule is O=C(NCCN1CCNCC1)C1CSCN1C(=O)c1ccc(Cl)cc1. The lowest BCUT2D eigenvalue weighted by Crippen LogP contribution is -2.50. The molecule has 0 bridgehead atoms. The van der Waals surface area contributed by atoms with Crippen LogP contribution in [0.3, 0.4) is 0 Å². The highest BCUT2D eigenvalue weighted by Gasteiger charge is 2.34. The van der Waals surface area contributed by atoms with Gasteiger partial charge in [0.05, 0.1) is 5.88 Å². The van der Waals surface area contributed by atoms with Crippen LogP contribution in [0.15, 0.2) is 24.3 Å². The molecule has 2 aliphatic rings. The molecule has 2 heterocycles. The Hall–Kier alpha value is -1.28. The van der Waals surface area contributed by atoms with Crippen LogP contribution in [0.4, 0.5) is 0 Å². The van der Waals surface area contributed by atoms with E-state index in [4.69, 9.17) is 11.6 Å². The molecule has 8 heteroatoms. The van der Waals surface area contributed by atoms with E-state index in [0.29, 0.717) is 28.8 Å². The van der Waals surface area contributed by atoms with Gasteiger partial charge in [0.15, 0.2) is 0 Å². The minimum atomic E-state index is -0.406. The number of nitrogens with zero attached hydrogens (tertiary/aromatic N) is 2. The number of thioether (sulfide) groups is 1. The van der Waals surface area contributed by atoms with Crippen LogP contribution in [-0.2, 0) is 4.79 Å². The van der Waals surface area contributed by atoms with Crippen molar-refractivity contribution in [1.82, 2.24) is 20.4 Å². The second-order valence-corrected chi connectivity index (χ2v) is 7.62. The van der Waals surface area contributed by atoms with Gasteiger partial charge in [0, 0.05) is 55.6 Å². The number of carbonyl (C=O) groups excluding carboxylic acids is 2. The minimum Gasteiger partial charge on any atom is -0.353 e. The second kappa shape index (κ2) is 8.89. The first kappa shape index (κ1) is 18.5. The summed E-state index contributed by atoms with van der Waals surface area (Å²) in [5, 5.41) is 6.89. The molecule has 0 spiro atoms. The summed E-state index contributed by atoms with van der Waals surface area (Å²) in [6.07, 6.45) is 0. The normalized spacial score (nSPS) is 21.3. The molecule has 0 radical (unpaired) electrons. The highest BCUT2D eigenvalue weighted by molar-refractivity contribution is 7.99. The number of piperazine rings is 1. The van der Waals surface area contributed by atoms with Crippen molar-refractivity contribution in [1.29, 1.82) is 0 Å². The molecule has 1 unspecified atom stereocenters. The van der Waals surface area contributed by atoms with Crippen molar-refractivity contribution < 1.29 is 9.59 Å². The molecule has 1 aromatic rings. The summed E-state index contributed by atoms with van der Waals surface area (Å²) in [6, 6.07) is 6.39. The third-order valence-electron chi connectivity index (χ3n) is 4.47. The van der Waals surface area contributed by atoms with Gasteiger partial charge in [-0.05, 0) is 24.3 Å². The van der Waals surface area contributed by atoms with Gasteiger partial charge < -0.3 is 15.5 Å². The Morgan fingerprint density at radius 1 is 1.24 bits per heavy atom. The largest absolute Gasteiger partial charge is 0.353 e. The molecule has 25 heavy (non-hydrogen) atoms. The summed E-state index contributed by atoms with van der Waals surface area (Å²) in [5.74, 6) is 0.988. The van der Waals surface area contributed by atoms with E-state index in [9.17, 15) is 9.59 Å². The van der Waals surface area contributed by atoms with Gasteiger partial charge in [-0.15, -0.1) is 11.8 Å². The number of halogens is 1. The van der Waals surface area contributed by atoms with E-state index >= 15 is 0 Å². The third kappa shape index (κ3) is 4.88. The lowest BCUT2D eigenvalue weighted by Gasteiger charge is -2.28. The van der Waals surface area contributed by atoms with Gasteiger partial charge in [-0.3, -0.25) is 14.5 Å². The van der Waals surface area contributed by atoms with Crippen LogP contribution in [0.2, 0.25) is 5.02 Å². The predicted molar refractivity (Wildman–Crippen MR) is 101 cm³/mol. The van der Waals surface area contributed by atoms with Crippen LogP contribution in [0.1, 0.15) is 10.4 Å². The fourth-order valence-electron chi connectivity index (χ4n) is 3.01. The maximum absolute atomic E-state index is 12.7. The first-order valence-corrected chi connectivity index (χ1v) is 10.0. The zero-order valence-electron chi connectivity index (χ0n) is 14.0. The van der Waals surface area contributed by atoms with Gasteiger partial charge in [0.25, 0.3) is 5.91 Å². The summed E-state index contributed by atoms with van der Waals surface area (Å²) in [4.78, 5) is 29.2. The number of nitrogens with one attached hydrogen (secondary N) is 2. The lowest BCUT2D eigenvalue weighted by molar-refractivity contribution is -0.124. The van der Waals surface area contributed by atoms with Gasteiger partial charge in [0.1, 0.15) is 6.04 Å². The van der Waals surface area contributed by atoms with Crippen molar-refractivity contribution in [3.05, 3.63) is 34.9 Å². The first-order chi connectivity index (χ1) is 12.1. The summed E-state index contributed by atoms with van der Waals surface area (Å²) in [7, 11) is 0. The zero-order chi connectivity index (χ0) is 17.6. The molecule has 0 saturated carbocycles. The molecule has 6 nitrogen and oxygen atoms in total.